The van der Waals surface area contributed by atoms with E-state index >= 15 is 0 Å². The summed E-state index contributed by atoms with van der Waals surface area (Å²) in [6, 6.07) is 6.38. The molecule has 1 fully saturated rings. The van der Waals surface area contributed by atoms with Crippen LogP contribution in [0.15, 0.2) is 24.3 Å². The van der Waals surface area contributed by atoms with Crippen molar-refractivity contribution < 1.29 is 22.7 Å². The van der Waals surface area contributed by atoms with Crippen molar-refractivity contribution in [1.82, 2.24) is 15.3 Å². The molecule has 0 bridgehead atoms. The first-order chi connectivity index (χ1) is 13.0. The maximum absolute atomic E-state index is 13.3. The highest BCUT2D eigenvalue weighted by Gasteiger charge is 2.36. The Kier molecular flexibility index (Phi) is 5.36. The number of para-hydroxylation sites is 1. The number of alkyl carbamates (subject to hydrolysis) is 1. The number of ether oxygens (including phenoxy) is 1. The Morgan fingerprint density at radius 3 is 2.61 bits per heavy atom. The van der Waals surface area contributed by atoms with Crippen molar-refractivity contribution in [3.05, 3.63) is 30.1 Å². The van der Waals surface area contributed by atoms with Gasteiger partial charge < -0.3 is 15.0 Å². The van der Waals surface area contributed by atoms with Crippen LogP contribution in [-0.4, -0.2) is 40.8 Å². The molecule has 1 saturated heterocycles. The lowest BCUT2D eigenvalue weighted by Gasteiger charge is -2.35. The number of fused-ring (bicyclic) bond motifs is 1. The number of benzene rings is 1. The first-order valence-corrected chi connectivity index (χ1v) is 9.11. The number of nitrogens with zero attached hydrogens (tertiary/aromatic N) is 3. The molecule has 1 aliphatic heterocycles. The first-order valence-electron chi connectivity index (χ1n) is 9.11. The van der Waals surface area contributed by atoms with Gasteiger partial charge in [0.25, 0.3) is 0 Å². The molecule has 0 saturated carbocycles. The van der Waals surface area contributed by atoms with E-state index in [2.05, 4.69) is 15.3 Å². The van der Waals surface area contributed by atoms with Crippen LogP contribution in [0.25, 0.3) is 10.9 Å². The van der Waals surface area contributed by atoms with Crippen LogP contribution in [0, 0.1) is 0 Å². The summed E-state index contributed by atoms with van der Waals surface area (Å²) in [5.41, 5.74) is -0.384. The number of rotatable bonds is 2. The van der Waals surface area contributed by atoms with Crippen molar-refractivity contribution in [2.45, 2.75) is 51.4 Å². The zero-order valence-electron chi connectivity index (χ0n) is 16.0. The molecule has 3 rings (SSSR count). The molecule has 1 amide bonds. The molecule has 2 heterocycles. The molecule has 1 N–H and O–H groups in total. The third-order valence-electron chi connectivity index (χ3n) is 4.28. The van der Waals surface area contributed by atoms with E-state index in [0.717, 1.165) is 0 Å². The lowest BCUT2D eigenvalue weighted by atomic mass is 10.1. The summed E-state index contributed by atoms with van der Waals surface area (Å²) in [6.07, 6.45) is -3.75. The molecule has 6 nitrogen and oxygen atoms in total. The number of anilines is 1. The fourth-order valence-corrected chi connectivity index (χ4v) is 3.19. The van der Waals surface area contributed by atoms with Gasteiger partial charge in [0.05, 0.1) is 5.52 Å². The summed E-state index contributed by atoms with van der Waals surface area (Å²) in [5.74, 6) is -0.933. The molecule has 1 aromatic carbocycles. The third-order valence-corrected chi connectivity index (χ3v) is 4.28. The Morgan fingerprint density at radius 2 is 1.93 bits per heavy atom. The van der Waals surface area contributed by atoms with E-state index in [1.165, 1.54) is 6.07 Å². The lowest BCUT2D eigenvalue weighted by Crippen LogP contribution is -2.49. The number of amides is 1. The predicted octanol–water partition coefficient (Wildman–Crippen LogP) is 4.14. The van der Waals surface area contributed by atoms with Gasteiger partial charge in [-0.25, -0.2) is 14.8 Å². The second kappa shape index (κ2) is 7.44. The standard InChI is InChI=1S/C19H23F3N4O2/c1-18(2,3)28-17(27)23-12-7-6-10-26(11-12)15-13-8-4-5-9-14(13)24-16(25-15)19(20,21)22/h4-5,8-9,12H,6-7,10-11H2,1-3H3,(H,23,27)/t12-/m1/s1. The van der Waals surface area contributed by atoms with Crippen molar-refractivity contribution in [1.29, 1.82) is 0 Å². The number of alkyl halides is 3. The Morgan fingerprint density at radius 1 is 1.21 bits per heavy atom. The second-order valence-corrected chi connectivity index (χ2v) is 7.82. The zero-order chi connectivity index (χ0) is 20.5. The van der Waals surface area contributed by atoms with E-state index in [4.69, 9.17) is 4.74 Å². The number of halogens is 3. The fraction of sp³-hybridized carbons (Fsp3) is 0.526. The minimum Gasteiger partial charge on any atom is -0.444 e. The second-order valence-electron chi connectivity index (χ2n) is 7.82. The number of piperidine rings is 1. The number of hydrogen-bond donors (Lipinski definition) is 1. The van der Waals surface area contributed by atoms with E-state index in [1.807, 2.05) is 0 Å². The average Bonchev–Trinajstić information content (AvgIpc) is 2.58. The molecule has 1 aromatic heterocycles. The molecule has 0 spiro atoms. The molecule has 0 unspecified atom stereocenters. The summed E-state index contributed by atoms with van der Waals surface area (Å²) < 4.78 is 45.0. The third kappa shape index (κ3) is 4.82. The van der Waals surface area contributed by atoms with Crippen LogP contribution >= 0.6 is 0 Å². The molecule has 1 atom stereocenters. The van der Waals surface area contributed by atoms with E-state index in [1.54, 1.807) is 43.9 Å². The maximum atomic E-state index is 13.3. The highest BCUT2D eigenvalue weighted by atomic mass is 19.4. The van der Waals surface area contributed by atoms with Gasteiger partial charge in [-0.05, 0) is 45.7 Å². The van der Waals surface area contributed by atoms with Gasteiger partial charge in [-0.1, -0.05) is 12.1 Å². The first kappa shape index (κ1) is 20.2. The fourth-order valence-electron chi connectivity index (χ4n) is 3.19. The molecule has 9 heteroatoms. The van der Waals surface area contributed by atoms with Crippen molar-refractivity contribution in [2.24, 2.45) is 0 Å². The lowest BCUT2D eigenvalue weighted by molar-refractivity contribution is -0.144. The highest BCUT2D eigenvalue weighted by Crippen LogP contribution is 2.32. The van der Waals surface area contributed by atoms with Gasteiger partial charge >= 0.3 is 12.3 Å². The van der Waals surface area contributed by atoms with E-state index in [9.17, 15) is 18.0 Å². The van der Waals surface area contributed by atoms with Crippen LogP contribution in [0.5, 0.6) is 0 Å². The van der Waals surface area contributed by atoms with Gasteiger partial charge in [-0.3, -0.25) is 0 Å². The molecular formula is C19H23F3N4O2. The summed E-state index contributed by atoms with van der Waals surface area (Å²) in [5, 5.41) is 3.35. The maximum Gasteiger partial charge on any atom is 0.451 e. The largest absolute Gasteiger partial charge is 0.451 e. The number of nitrogens with one attached hydrogen (secondary N) is 1. The molecule has 0 radical (unpaired) electrons. The highest BCUT2D eigenvalue weighted by molar-refractivity contribution is 5.89. The van der Waals surface area contributed by atoms with Crippen molar-refractivity contribution >= 4 is 22.8 Å². The van der Waals surface area contributed by atoms with Crippen LogP contribution in [0.4, 0.5) is 23.8 Å². The van der Waals surface area contributed by atoms with Crippen LogP contribution in [-0.2, 0) is 10.9 Å². The van der Waals surface area contributed by atoms with E-state index < -0.39 is 23.7 Å². The van der Waals surface area contributed by atoms with Gasteiger partial charge in [0.2, 0.25) is 5.82 Å². The average molecular weight is 396 g/mol. The van der Waals surface area contributed by atoms with Crippen molar-refractivity contribution in [2.75, 3.05) is 18.0 Å². The van der Waals surface area contributed by atoms with Crippen LogP contribution in [0.2, 0.25) is 0 Å². The molecule has 28 heavy (non-hydrogen) atoms. The molecule has 2 aromatic rings. The Balaban J connectivity index is 1.86. The van der Waals surface area contributed by atoms with Crippen LogP contribution in [0.1, 0.15) is 39.4 Å². The Bertz CT molecular complexity index is 864. The monoisotopic (exact) mass is 396 g/mol. The SMILES string of the molecule is CC(C)(C)OC(=O)N[C@@H]1CCCN(c2nc(C(F)(F)F)nc3ccccc23)C1. The number of hydrogen-bond acceptors (Lipinski definition) is 5. The number of carbonyl (C=O) groups excluding carboxylic acids is 1. The number of carbonyl (C=O) groups is 1. The summed E-state index contributed by atoms with van der Waals surface area (Å²) in [6.45, 7) is 6.20. The van der Waals surface area contributed by atoms with Gasteiger partial charge in [0, 0.05) is 24.5 Å². The Labute approximate surface area is 161 Å². The van der Waals surface area contributed by atoms with Gasteiger partial charge in [0.1, 0.15) is 11.4 Å². The minimum atomic E-state index is -4.64. The summed E-state index contributed by atoms with van der Waals surface area (Å²) in [7, 11) is 0. The zero-order valence-corrected chi connectivity index (χ0v) is 16.0. The van der Waals surface area contributed by atoms with Crippen LogP contribution in [0.3, 0.4) is 0 Å². The van der Waals surface area contributed by atoms with E-state index in [-0.39, 0.29) is 17.4 Å². The quantitative estimate of drug-likeness (QED) is 0.826. The molecule has 0 aliphatic carbocycles. The topological polar surface area (TPSA) is 67.3 Å². The smallest absolute Gasteiger partial charge is 0.444 e. The normalized spacial score (nSPS) is 18.2. The predicted molar refractivity (Wildman–Crippen MR) is 99.1 cm³/mol. The van der Waals surface area contributed by atoms with E-state index in [0.29, 0.717) is 31.3 Å². The summed E-state index contributed by atoms with van der Waals surface area (Å²) >= 11 is 0. The van der Waals surface area contributed by atoms with Gasteiger partial charge in [0.15, 0.2) is 0 Å². The summed E-state index contributed by atoms with van der Waals surface area (Å²) in [4.78, 5) is 21.3. The molecule has 152 valence electrons. The van der Waals surface area contributed by atoms with Crippen LogP contribution < -0.4 is 10.2 Å². The van der Waals surface area contributed by atoms with Crippen molar-refractivity contribution in [3.8, 4) is 0 Å². The molecule has 1 aliphatic rings. The van der Waals surface area contributed by atoms with Gasteiger partial charge in [-0.15, -0.1) is 0 Å². The Hall–Kier alpha value is -2.58. The van der Waals surface area contributed by atoms with Gasteiger partial charge in [-0.2, -0.15) is 13.2 Å². The molecular weight excluding hydrogens is 373 g/mol. The number of aromatic nitrogens is 2. The van der Waals surface area contributed by atoms with Crippen molar-refractivity contribution in [3.63, 3.8) is 0 Å². The minimum absolute atomic E-state index is 0.230.